The van der Waals surface area contributed by atoms with Crippen molar-refractivity contribution in [3.05, 3.63) is 29.3 Å². The van der Waals surface area contributed by atoms with E-state index in [1.807, 2.05) is 6.92 Å². The van der Waals surface area contributed by atoms with E-state index in [9.17, 15) is 9.59 Å². The molecule has 0 saturated carbocycles. The predicted molar refractivity (Wildman–Crippen MR) is 60.5 cm³/mol. The van der Waals surface area contributed by atoms with Crippen molar-refractivity contribution in [1.82, 2.24) is 0 Å². The van der Waals surface area contributed by atoms with Crippen LogP contribution in [0.5, 0.6) is 0 Å². The molecule has 16 heavy (non-hydrogen) atoms. The molecule has 1 N–H and O–H groups in total. The molecule has 86 valence electrons. The second-order valence-electron chi connectivity index (χ2n) is 3.12. The van der Waals surface area contributed by atoms with Crippen LogP contribution in [0.3, 0.4) is 0 Å². The number of carbonyl (C=O) groups excluding carboxylic acids is 2. The Morgan fingerprint density at radius 3 is 2.69 bits per heavy atom. The summed E-state index contributed by atoms with van der Waals surface area (Å²) in [6.07, 6.45) is 0. The highest BCUT2D eigenvalue weighted by molar-refractivity contribution is 8.13. The van der Waals surface area contributed by atoms with Gasteiger partial charge in [0.25, 0.3) is 0 Å². The average Bonchev–Trinajstić information content (AvgIpc) is 2.28. The van der Waals surface area contributed by atoms with Gasteiger partial charge in [-0.3, -0.25) is 4.79 Å². The fourth-order valence-electron chi connectivity index (χ4n) is 1.15. The van der Waals surface area contributed by atoms with Crippen LogP contribution in [0.1, 0.15) is 15.9 Å². The number of benzene rings is 1. The van der Waals surface area contributed by atoms with E-state index in [-0.39, 0.29) is 0 Å². The largest absolute Gasteiger partial charge is 0.465 e. The number of methoxy groups -OCH3 is 1. The van der Waals surface area contributed by atoms with Crippen molar-refractivity contribution >= 4 is 22.8 Å². The number of rotatable bonds is 3. The molecule has 4 nitrogen and oxygen atoms in total. The highest BCUT2D eigenvalue weighted by Gasteiger charge is 2.14. The lowest BCUT2D eigenvalue weighted by atomic mass is 10.1. The number of thioether (sulfide) groups is 1. The molecule has 1 aromatic carbocycles. The average molecular weight is 240 g/mol. The van der Waals surface area contributed by atoms with Gasteiger partial charge in [0.2, 0.25) is 5.12 Å². The molecular formula is C11H12O4S. The lowest BCUT2D eigenvalue weighted by molar-refractivity contribution is -0.113. The normalized spacial score (nSPS) is 9.94. The SMILES string of the molecule is COC(=O)c1ccc(C)cc1SC(=O)CO. The van der Waals surface area contributed by atoms with Gasteiger partial charge in [-0.2, -0.15) is 0 Å². The maximum Gasteiger partial charge on any atom is 0.339 e. The van der Waals surface area contributed by atoms with Gasteiger partial charge in [-0.25, -0.2) is 4.79 Å². The van der Waals surface area contributed by atoms with Crippen molar-refractivity contribution in [3.63, 3.8) is 0 Å². The second-order valence-corrected chi connectivity index (χ2v) is 4.22. The highest BCUT2D eigenvalue weighted by atomic mass is 32.2. The van der Waals surface area contributed by atoms with Gasteiger partial charge in [0.05, 0.1) is 12.7 Å². The fourth-order valence-corrected chi connectivity index (χ4v) is 1.96. The van der Waals surface area contributed by atoms with Gasteiger partial charge in [0, 0.05) is 4.90 Å². The van der Waals surface area contributed by atoms with Crippen molar-refractivity contribution in [2.45, 2.75) is 11.8 Å². The Balaban J connectivity index is 3.08. The van der Waals surface area contributed by atoms with Crippen molar-refractivity contribution in [3.8, 4) is 0 Å². The van der Waals surface area contributed by atoms with Crippen LogP contribution in [0, 0.1) is 6.92 Å². The minimum atomic E-state index is -0.556. The maximum absolute atomic E-state index is 11.4. The number of hydrogen-bond donors (Lipinski definition) is 1. The highest BCUT2D eigenvalue weighted by Crippen LogP contribution is 2.25. The van der Waals surface area contributed by atoms with Gasteiger partial charge in [-0.05, 0) is 36.4 Å². The number of aliphatic hydroxyl groups excluding tert-OH is 1. The lowest BCUT2D eigenvalue weighted by Gasteiger charge is -2.07. The first kappa shape index (κ1) is 12.7. The Bertz CT molecular complexity index is 414. The summed E-state index contributed by atoms with van der Waals surface area (Å²) < 4.78 is 4.61. The topological polar surface area (TPSA) is 63.6 Å². The molecule has 0 aromatic heterocycles. The zero-order valence-corrected chi connectivity index (χ0v) is 9.84. The number of ether oxygens (including phenoxy) is 1. The molecule has 5 heteroatoms. The fraction of sp³-hybridized carbons (Fsp3) is 0.273. The van der Waals surface area contributed by atoms with Crippen molar-refractivity contribution in [2.24, 2.45) is 0 Å². The number of aliphatic hydroxyl groups is 1. The molecule has 0 aliphatic carbocycles. The van der Waals surface area contributed by atoms with Gasteiger partial charge >= 0.3 is 5.97 Å². The summed E-state index contributed by atoms with van der Waals surface area (Å²) >= 11 is 0.838. The number of esters is 1. The third-order valence-corrected chi connectivity index (χ3v) is 2.81. The Hall–Kier alpha value is -1.33. The maximum atomic E-state index is 11.4. The minimum Gasteiger partial charge on any atom is -0.465 e. The summed E-state index contributed by atoms with van der Waals surface area (Å²) in [5.74, 6) is -0.492. The first-order valence-corrected chi connectivity index (χ1v) is 5.40. The number of carbonyl (C=O) groups is 2. The molecule has 0 fully saturated rings. The number of aryl methyl sites for hydroxylation is 1. The molecule has 0 atom stereocenters. The third kappa shape index (κ3) is 3.08. The lowest BCUT2D eigenvalue weighted by Crippen LogP contribution is -2.05. The first-order valence-electron chi connectivity index (χ1n) is 4.59. The molecule has 0 radical (unpaired) electrons. The van der Waals surface area contributed by atoms with Crippen LogP contribution in [-0.2, 0) is 9.53 Å². The minimum absolute atomic E-state index is 0.333. The van der Waals surface area contributed by atoms with E-state index < -0.39 is 17.7 Å². The molecular weight excluding hydrogens is 228 g/mol. The van der Waals surface area contributed by atoms with Gasteiger partial charge in [-0.1, -0.05) is 6.07 Å². The van der Waals surface area contributed by atoms with Crippen LogP contribution < -0.4 is 0 Å². The van der Waals surface area contributed by atoms with E-state index in [2.05, 4.69) is 4.74 Å². The summed E-state index contributed by atoms with van der Waals surface area (Å²) in [5, 5.41) is 8.26. The Labute approximate surface area is 97.6 Å². The zero-order valence-electron chi connectivity index (χ0n) is 9.02. The summed E-state index contributed by atoms with van der Waals surface area (Å²) in [4.78, 5) is 23.0. The van der Waals surface area contributed by atoms with Crippen LogP contribution in [-0.4, -0.2) is 29.9 Å². The van der Waals surface area contributed by atoms with Crippen molar-refractivity contribution in [2.75, 3.05) is 13.7 Å². The molecule has 0 spiro atoms. The summed E-state index contributed by atoms with van der Waals surface area (Å²) in [6, 6.07) is 5.08. The summed E-state index contributed by atoms with van der Waals surface area (Å²) in [6.45, 7) is 1.30. The van der Waals surface area contributed by atoms with Crippen LogP contribution in [0.2, 0.25) is 0 Å². The monoisotopic (exact) mass is 240 g/mol. The van der Waals surface area contributed by atoms with Crippen LogP contribution in [0.25, 0.3) is 0 Å². The van der Waals surface area contributed by atoms with Crippen LogP contribution >= 0.6 is 11.8 Å². The molecule has 0 bridgehead atoms. The molecule has 0 aliphatic rings. The van der Waals surface area contributed by atoms with E-state index in [1.165, 1.54) is 7.11 Å². The van der Waals surface area contributed by atoms with E-state index in [4.69, 9.17) is 5.11 Å². The smallest absolute Gasteiger partial charge is 0.339 e. The zero-order chi connectivity index (χ0) is 12.1. The van der Waals surface area contributed by atoms with E-state index in [1.54, 1.807) is 18.2 Å². The predicted octanol–water partition coefficient (Wildman–Crippen LogP) is 1.39. The first-order chi connectivity index (χ1) is 7.58. The van der Waals surface area contributed by atoms with Crippen molar-refractivity contribution in [1.29, 1.82) is 0 Å². The molecule has 0 amide bonds. The van der Waals surface area contributed by atoms with Crippen LogP contribution in [0.4, 0.5) is 0 Å². The number of hydrogen-bond acceptors (Lipinski definition) is 5. The van der Waals surface area contributed by atoms with Gasteiger partial charge in [0.15, 0.2) is 0 Å². The molecule has 0 unspecified atom stereocenters. The summed E-state index contributed by atoms with van der Waals surface area (Å²) in [7, 11) is 1.28. The van der Waals surface area contributed by atoms with Gasteiger partial charge in [-0.15, -0.1) is 0 Å². The Morgan fingerprint density at radius 1 is 1.44 bits per heavy atom. The Morgan fingerprint density at radius 2 is 2.12 bits per heavy atom. The standard InChI is InChI=1S/C11H12O4S/c1-7-3-4-8(11(14)15-2)9(5-7)16-10(13)6-12/h3-5,12H,6H2,1-2H3. The van der Waals surface area contributed by atoms with Crippen molar-refractivity contribution < 1.29 is 19.4 Å². The third-order valence-electron chi connectivity index (χ3n) is 1.90. The van der Waals surface area contributed by atoms with Crippen LogP contribution in [0.15, 0.2) is 23.1 Å². The molecule has 0 saturated heterocycles. The molecule has 1 aromatic rings. The second kappa shape index (κ2) is 5.67. The van der Waals surface area contributed by atoms with E-state index >= 15 is 0 Å². The van der Waals surface area contributed by atoms with Gasteiger partial charge < -0.3 is 9.84 Å². The van der Waals surface area contributed by atoms with E-state index in [0.717, 1.165) is 17.3 Å². The van der Waals surface area contributed by atoms with Gasteiger partial charge in [0.1, 0.15) is 6.61 Å². The Kier molecular flexibility index (Phi) is 4.52. The molecule has 0 aliphatic heterocycles. The van der Waals surface area contributed by atoms with E-state index in [0.29, 0.717) is 10.5 Å². The molecule has 0 heterocycles. The quantitative estimate of drug-likeness (QED) is 0.639. The summed E-state index contributed by atoms with van der Waals surface area (Å²) in [5.41, 5.74) is 1.26. The molecule has 1 rings (SSSR count).